The number of fused-ring (bicyclic) bond motifs is 3. The molecule has 0 heterocycles. The molecule has 16 heavy (non-hydrogen) atoms. The molecule has 1 N–H and O–H groups in total. The van der Waals surface area contributed by atoms with Crippen LogP contribution in [0.25, 0.3) is 11.1 Å². The number of hydrogen-bond acceptors (Lipinski definition) is 2. The van der Waals surface area contributed by atoms with Crippen LogP contribution in [-0.4, -0.2) is 11.4 Å². The number of phenolic OH excluding ortho intramolecular Hbond substituents is 1. The van der Waals surface area contributed by atoms with Crippen molar-refractivity contribution in [1.29, 1.82) is 0 Å². The van der Waals surface area contributed by atoms with Gasteiger partial charge in [0.15, 0.2) is 0 Å². The van der Waals surface area contributed by atoms with Gasteiger partial charge >= 0.3 is 0 Å². The van der Waals surface area contributed by atoms with Gasteiger partial charge in [0.1, 0.15) is 5.75 Å². The van der Waals surface area contributed by atoms with Crippen LogP contribution in [0.1, 0.15) is 16.7 Å². The van der Waals surface area contributed by atoms with Gasteiger partial charge in [-0.3, -0.25) is 4.79 Å². The van der Waals surface area contributed by atoms with Crippen molar-refractivity contribution in [2.75, 3.05) is 0 Å². The molecule has 1 radical (unpaired) electrons. The van der Waals surface area contributed by atoms with Crippen LogP contribution >= 0.6 is 0 Å². The van der Waals surface area contributed by atoms with E-state index in [0.29, 0.717) is 12.0 Å². The zero-order valence-corrected chi connectivity index (χ0v) is 8.53. The quantitative estimate of drug-likeness (QED) is 0.668. The van der Waals surface area contributed by atoms with E-state index in [1.165, 1.54) is 5.56 Å². The van der Waals surface area contributed by atoms with Gasteiger partial charge in [0.25, 0.3) is 0 Å². The van der Waals surface area contributed by atoms with E-state index in [1.807, 2.05) is 36.6 Å². The van der Waals surface area contributed by atoms with E-state index >= 15 is 0 Å². The lowest BCUT2D eigenvalue weighted by atomic mass is 10.0. The van der Waals surface area contributed by atoms with Crippen molar-refractivity contribution >= 4 is 6.29 Å². The Labute approximate surface area is 93.2 Å². The highest BCUT2D eigenvalue weighted by Gasteiger charge is 2.22. The molecule has 2 aromatic carbocycles. The van der Waals surface area contributed by atoms with E-state index in [4.69, 9.17) is 0 Å². The molecule has 0 saturated carbocycles. The summed E-state index contributed by atoms with van der Waals surface area (Å²) < 4.78 is 0. The summed E-state index contributed by atoms with van der Waals surface area (Å²) in [4.78, 5) is 10.9. The number of aromatic hydroxyl groups is 1. The van der Waals surface area contributed by atoms with Gasteiger partial charge < -0.3 is 5.11 Å². The molecule has 0 amide bonds. The van der Waals surface area contributed by atoms with Crippen LogP contribution in [0.15, 0.2) is 36.4 Å². The van der Waals surface area contributed by atoms with Gasteiger partial charge in [-0.05, 0) is 34.7 Å². The summed E-state index contributed by atoms with van der Waals surface area (Å²) in [6, 6.07) is 11.5. The number of rotatable bonds is 1. The second-order valence-electron chi connectivity index (χ2n) is 3.92. The van der Waals surface area contributed by atoms with E-state index < -0.39 is 0 Å². The first-order valence-corrected chi connectivity index (χ1v) is 5.12. The molecule has 0 aromatic heterocycles. The topological polar surface area (TPSA) is 37.3 Å². The van der Waals surface area contributed by atoms with Gasteiger partial charge in [-0.15, -0.1) is 0 Å². The minimum Gasteiger partial charge on any atom is -0.507 e. The molecule has 77 valence electrons. The first-order chi connectivity index (χ1) is 7.81. The van der Waals surface area contributed by atoms with Crippen molar-refractivity contribution < 1.29 is 9.90 Å². The normalized spacial score (nSPS) is 12.0. The van der Waals surface area contributed by atoms with Gasteiger partial charge in [-0.25, -0.2) is 0 Å². The Kier molecular flexibility index (Phi) is 1.83. The van der Waals surface area contributed by atoms with Gasteiger partial charge in [0, 0.05) is 0 Å². The molecule has 1 aliphatic rings. The Morgan fingerprint density at radius 3 is 2.69 bits per heavy atom. The average molecular weight is 209 g/mol. The Balaban J connectivity index is 2.32. The van der Waals surface area contributed by atoms with Crippen molar-refractivity contribution in [1.82, 2.24) is 0 Å². The van der Waals surface area contributed by atoms with Crippen molar-refractivity contribution in [3.8, 4) is 16.9 Å². The predicted octanol–water partition coefficient (Wildman–Crippen LogP) is 2.42. The fourth-order valence-electron chi connectivity index (χ4n) is 2.31. The zero-order valence-electron chi connectivity index (χ0n) is 8.53. The molecule has 0 aliphatic heterocycles. The highest BCUT2D eigenvalue weighted by Crippen LogP contribution is 2.40. The standard InChI is InChI=1S/C14H9O2/c15-8-13-12-7-9-3-1-2-4-10(9)11(12)5-6-14(13)16/h1-6,16H,7H2. The van der Waals surface area contributed by atoms with Crippen molar-refractivity contribution in [2.24, 2.45) is 0 Å². The summed E-state index contributed by atoms with van der Waals surface area (Å²) >= 11 is 0. The molecule has 0 fully saturated rings. The van der Waals surface area contributed by atoms with E-state index in [1.54, 1.807) is 6.07 Å². The minimum atomic E-state index is 0.0153. The van der Waals surface area contributed by atoms with Crippen LogP contribution in [0, 0.1) is 0 Å². The highest BCUT2D eigenvalue weighted by molar-refractivity contribution is 5.90. The van der Waals surface area contributed by atoms with Gasteiger partial charge in [-0.1, -0.05) is 30.3 Å². The fraction of sp³-hybridized carbons (Fsp3) is 0.0714. The first-order valence-electron chi connectivity index (χ1n) is 5.12. The lowest BCUT2D eigenvalue weighted by molar-refractivity contribution is 0.471. The Bertz CT molecular complexity index is 585. The highest BCUT2D eigenvalue weighted by atomic mass is 16.3. The van der Waals surface area contributed by atoms with E-state index in [2.05, 4.69) is 0 Å². The molecule has 2 heteroatoms. The van der Waals surface area contributed by atoms with E-state index in [-0.39, 0.29) is 5.75 Å². The second kappa shape index (κ2) is 3.20. The number of hydrogen-bond donors (Lipinski definition) is 1. The maximum atomic E-state index is 10.9. The maximum Gasteiger partial charge on any atom is 0.237 e. The van der Waals surface area contributed by atoms with E-state index in [9.17, 15) is 9.90 Å². The smallest absolute Gasteiger partial charge is 0.237 e. The molecule has 2 aromatic rings. The minimum absolute atomic E-state index is 0.0153. The molecule has 3 rings (SSSR count). The van der Waals surface area contributed by atoms with E-state index in [0.717, 1.165) is 16.7 Å². The largest absolute Gasteiger partial charge is 0.507 e. The second-order valence-corrected chi connectivity index (χ2v) is 3.92. The Hall–Kier alpha value is -2.09. The summed E-state index contributed by atoms with van der Waals surface area (Å²) in [5.41, 5.74) is 4.56. The average Bonchev–Trinajstić information content (AvgIpc) is 2.67. The SMILES string of the molecule is O=[C]c1c(O)ccc2c1Cc1ccccc1-2. The molecule has 0 bridgehead atoms. The molecule has 0 atom stereocenters. The molecular weight excluding hydrogens is 200 g/mol. The Morgan fingerprint density at radius 1 is 1.06 bits per heavy atom. The molecule has 1 aliphatic carbocycles. The molecule has 0 saturated heterocycles. The van der Waals surface area contributed by atoms with Crippen LogP contribution in [0.2, 0.25) is 0 Å². The molecule has 2 nitrogen and oxygen atoms in total. The lowest BCUT2D eigenvalue weighted by Gasteiger charge is -2.04. The van der Waals surface area contributed by atoms with Gasteiger partial charge in [0.05, 0.1) is 5.56 Å². The summed E-state index contributed by atoms with van der Waals surface area (Å²) in [5.74, 6) is 0.0153. The monoisotopic (exact) mass is 209 g/mol. The van der Waals surface area contributed by atoms with Crippen molar-refractivity contribution in [3.63, 3.8) is 0 Å². The number of benzene rings is 2. The van der Waals surface area contributed by atoms with Gasteiger partial charge in [-0.2, -0.15) is 0 Å². The molecule has 0 spiro atoms. The van der Waals surface area contributed by atoms with Crippen LogP contribution < -0.4 is 0 Å². The zero-order chi connectivity index (χ0) is 11.1. The van der Waals surface area contributed by atoms with Crippen LogP contribution in [0.5, 0.6) is 5.75 Å². The van der Waals surface area contributed by atoms with Crippen LogP contribution in [0.3, 0.4) is 0 Å². The summed E-state index contributed by atoms with van der Waals surface area (Å²) in [7, 11) is 0. The summed E-state index contributed by atoms with van der Waals surface area (Å²) in [5, 5.41) is 9.59. The third kappa shape index (κ3) is 1.10. The van der Waals surface area contributed by atoms with Gasteiger partial charge in [0.2, 0.25) is 6.29 Å². The third-order valence-electron chi connectivity index (χ3n) is 3.07. The molecular formula is C14H9O2. The number of carbonyl (C=O) groups excluding carboxylic acids is 1. The third-order valence-corrected chi connectivity index (χ3v) is 3.07. The van der Waals surface area contributed by atoms with Crippen LogP contribution in [0.4, 0.5) is 0 Å². The fourth-order valence-corrected chi connectivity index (χ4v) is 2.31. The van der Waals surface area contributed by atoms with Crippen molar-refractivity contribution in [2.45, 2.75) is 6.42 Å². The number of phenols is 1. The first kappa shape index (κ1) is 9.16. The van der Waals surface area contributed by atoms with Crippen molar-refractivity contribution in [3.05, 3.63) is 53.1 Å². The molecule has 0 unspecified atom stereocenters. The Morgan fingerprint density at radius 2 is 1.88 bits per heavy atom. The summed E-state index contributed by atoms with van der Waals surface area (Å²) in [6.07, 6.45) is 2.53. The summed E-state index contributed by atoms with van der Waals surface area (Å²) in [6.45, 7) is 0. The van der Waals surface area contributed by atoms with Crippen LogP contribution in [-0.2, 0) is 11.2 Å². The maximum absolute atomic E-state index is 10.9. The predicted molar refractivity (Wildman–Crippen MR) is 61.1 cm³/mol. The lowest BCUT2D eigenvalue weighted by Crippen LogP contribution is -1.91.